The quantitative estimate of drug-likeness (QED) is 0.642. The fourth-order valence-electron chi connectivity index (χ4n) is 1.73. The van der Waals surface area contributed by atoms with Gasteiger partial charge in [-0.1, -0.05) is 24.3 Å². The van der Waals surface area contributed by atoms with Gasteiger partial charge in [0.25, 0.3) is 0 Å². The molecule has 11 heavy (non-hydrogen) atoms. The highest BCUT2D eigenvalue weighted by Gasteiger charge is 2.28. The van der Waals surface area contributed by atoms with Gasteiger partial charge in [-0.2, -0.15) is 0 Å². The molecule has 0 aliphatic heterocycles. The fraction of sp³-hybridized carbons (Fsp3) is 0.400. The highest BCUT2D eigenvalue weighted by atomic mass is 16.3. The van der Waals surface area contributed by atoms with Gasteiger partial charge < -0.3 is 5.11 Å². The van der Waals surface area contributed by atoms with E-state index in [2.05, 4.69) is 18.2 Å². The van der Waals surface area contributed by atoms with Gasteiger partial charge in [-0.25, -0.2) is 0 Å². The molecule has 0 spiro atoms. The van der Waals surface area contributed by atoms with E-state index in [0.717, 1.165) is 6.42 Å². The predicted octanol–water partition coefficient (Wildman–Crippen LogP) is 1.71. The Morgan fingerprint density at radius 3 is 2.82 bits per heavy atom. The minimum absolute atomic E-state index is 0.190. The third-order valence-corrected chi connectivity index (χ3v) is 2.48. The number of hydrogen-bond donors (Lipinski definition) is 1. The van der Waals surface area contributed by atoms with Crippen LogP contribution in [0.25, 0.3) is 0 Å². The molecule has 1 heteroatoms. The Labute approximate surface area is 66.7 Å². The largest absolute Gasteiger partial charge is 0.393 e. The Morgan fingerprint density at radius 1 is 1.45 bits per heavy atom. The van der Waals surface area contributed by atoms with Crippen LogP contribution in [0.1, 0.15) is 24.0 Å². The molecule has 0 amide bonds. The highest BCUT2D eigenvalue weighted by molar-refractivity contribution is 5.40. The highest BCUT2D eigenvalue weighted by Crippen LogP contribution is 2.36. The van der Waals surface area contributed by atoms with Crippen molar-refractivity contribution in [3.63, 3.8) is 0 Å². The van der Waals surface area contributed by atoms with Gasteiger partial charge in [-0.15, -0.1) is 0 Å². The van der Waals surface area contributed by atoms with Gasteiger partial charge in [-0.3, -0.25) is 0 Å². The lowest BCUT2D eigenvalue weighted by molar-refractivity contribution is 0.152. The summed E-state index contributed by atoms with van der Waals surface area (Å²) in [5, 5.41) is 9.32. The summed E-state index contributed by atoms with van der Waals surface area (Å²) in [6.45, 7) is 1.86. The third kappa shape index (κ3) is 0.962. The second-order valence-electron chi connectivity index (χ2n) is 3.25. The zero-order valence-corrected chi connectivity index (χ0v) is 6.62. The average Bonchev–Trinajstić information content (AvgIpc) is 1.90. The molecule has 1 N–H and O–H groups in total. The third-order valence-electron chi connectivity index (χ3n) is 2.48. The van der Waals surface area contributed by atoms with Gasteiger partial charge in [0.15, 0.2) is 0 Å². The van der Waals surface area contributed by atoms with Gasteiger partial charge in [-0.05, 0) is 24.5 Å². The van der Waals surface area contributed by atoms with E-state index < -0.39 is 0 Å². The molecule has 1 aliphatic rings. The molecule has 1 aliphatic carbocycles. The van der Waals surface area contributed by atoms with Gasteiger partial charge in [0, 0.05) is 5.92 Å². The Hall–Kier alpha value is -0.820. The molecule has 2 rings (SSSR count). The lowest BCUT2D eigenvalue weighted by Gasteiger charge is -2.32. The van der Waals surface area contributed by atoms with Crippen molar-refractivity contribution in [2.24, 2.45) is 0 Å². The van der Waals surface area contributed by atoms with Crippen LogP contribution >= 0.6 is 0 Å². The Bertz CT molecular complexity index is 265. The zero-order valence-electron chi connectivity index (χ0n) is 6.62. The van der Waals surface area contributed by atoms with Crippen molar-refractivity contribution in [1.82, 2.24) is 0 Å². The molecule has 0 aromatic heterocycles. The average molecular weight is 148 g/mol. The first-order valence-corrected chi connectivity index (χ1v) is 4.05. The number of rotatable bonds is 1. The van der Waals surface area contributed by atoms with Crippen molar-refractivity contribution in [3.8, 4) is 0 Å². The van der Waals surface area contributed by atoms with Crippen LogP contribution in [0.4, 0.5) is 0 Å². The number of aliphatic hydroxyl groups is 1. The molecule has 58 valence electrons. The minimum atomic E-state index is -0.190. The SMILES string of the molecule is C[C@H](O)C1Cc2ccccc21. The van der Waals surface area contributed by atoms with E-state index in [1.54, 1.807) is 0 Å². The standard InChI is InChI=1S/C10H12O/c1-7(11)10-6-8-4-2-3-5-9(8)10/h2-5,7,10-11H,6H2,1H3/t7-,10?/m0/s1. The molecule has 1 aromatic carbocycles. The maximum Gasteiger partial charge on any atom is 0.0583 e. The first-order chi connectivity index (χ1) is 5.29. The molecular formula is C10H12O. The lowest BCUT2D eigenvalue weighted by Crippen LogP contribution is -2.26. The second kappa shape index (κ2) is 2.35. The van der Waals surface area contributed by atoms with Crippen LogP contribution in [0, 0.1) is 0 Å². The summed E-state index contributed by atoms with van der Waals surface area (Å²) in [6, 6.07) is 8.33. The Balaban J connectivity index is 2.29. The van der Waals surface area contributed by atoms with Crippen LogP contribution in [-0.4, -0.2) is 11.2 Å². The summed E-state index contributed by atoms with van der Waals surface area (Å²) >= 11 is 0. The summed E-state index contributed by atoms with van der Waals surface area (Å²) in [5.74, 6) is 0.395. The monoisotopic (exact) mass is 148 g/mol. The van der Waals surface area contributed by atoms with Crippen LogP contribution in [0.3, 0.4) is 0 Å². The summed E-state index contributed by atoms with van der Waals surface area (Å²) in [7, 11) is 0. The van der Waals surface area contributed by atoms with Crippen LogP contribution in [0.5, 0.6) is 0 Å². The summed E-state index contributed by atoms with van der Waals surface area (Å²) in [6.07, 6.45) is 0.860. The van der Waals surface area contributed by atoms with Crippen LogP contribution in [0.15, 0.2) is 24.3 Å². The molecule has 2 atom stereocenters. The summed E-state index contributed by atoms with van der Waals surface area (Å²) in [4.78, 5) is 0. The zero-order chi connectivity index (χ0) is 7.84. The van der Waals surface area contributed by atoms with Gasteiger partial charge >= 0.3 is 0 Å². The molecule has 0 saturated carbocycles. The second-order valence-corrected chi connectivity index (χ2v) is 3.25. The molecular weight excluding hydrogens is 136 g/mol. The Kier molecular flexibility index (Phi) is 1.46. The van der Waals surface area contributed by atoms with Crippen molar-refractivity contribution in [2.75, 3.05) is 0 Å². The number of hydrogen-bond acceptors (Lipinski definition) is 1. The van der Waals surface area contributed by atoms with Gasteiger partial charge in [0.05, 0.1) is 6.10 Å². The van der Waals surface area contributed by atoms with E-state index in [9.17, 15) is 5.11 Å². The molecule has 1 aromatic rings. The normalized spacial score (nSPS) is 23.6. The van der Waals surface area contributed by atoms with Crippen molar-refractivity contribution in [2.45, 2.75) is 25.4 Å². The van der Waals surface area contributed by atoms with E-state index in [-0.39, 0.29) is 6.10 Å². The van der Waals surface area contributed by atoms with Crippen LogP contribution in [0.2, 0.25) is 0 Å². The van der Waals surface area contributed by atoms with Crippen LogP contribution in [-0.2, 0) is 6.42 Å². The Morgan fingerprint density at radius 2 is 2.18 bits per heavy atom. The molecule has 0 radical (unpaired) electrons. The topological polar surface area (TPSA) is 20.2 Å². The van der Waals surface area contributed by atoms with Crippen LogP contribution < -0.4 is 0 Å². The van der Waals surface area contributed by atoms with Gasteiger partial charge in [0.1, 0.15) is 0 Å². The maximum atomic E-state index is 9.32. The van der Waals surface area contributed by atoms with Crippen molar-refractivity contribution >= 4 is 0 Å². The summed E-state index contributed by atoms with van der Waals surface area (Å²) in [5.41, 5.74) is 2.74. The molecule has 1 unspecified atom stereocenters. The maximum absolute atomic E-state index is 9.32. The minimum Gasteiger partial charge on any atom is -0.393 e. The molecule has 0 bridgehead atoms. The van der Waals surface area contributed by atoms with Crippen molar-refractivity contribution in [3.05, 3.63) is 35.4 Å². The van der Waals surface area contributed by atoms with E-state index in [1.165, 1.54) is 11.1 Å². The van der Waals surface area contributed by atoms with Crippen molar-refractivity contribution < 1.29 is 5.11 Å². The van der Waals surface area contributed by atoms with Crippen molar-refractivity contribution in [1.29, 1.82) is 0 Å². The molecule has 0 heterocycles. The molecule has 1 nitrogen and oxygen atoms in total. The van der Waals surface area contributed by atoms with E-state index >= 15 is 0 Å². The smallest absolute Gasteiger partial charge is 0.0583 e. The lowest BCUT2D eigenvalue weighted by atomic mass is 9.75. The molecule has 0 fully saturated rings. The summed E-state index contributed by atoms with van der Waals surface area (Å²) < 4.78 is 0. The van der Waals surface area contributed by atoms with E-state index in [4.69, 9.17) is 0 Å². The number of fused-ring (bicyclic) bond motifs is 1. The molecule has 0 saturated heterocycles. The van der Waals surface area contributed by atoms with Gasteiger partial charge in [0.2, 0.25) is 0 Å². The number of aliphatic hydroxyl groups excluding tert-OH is 1. The fourth-order valence-corrected chi connectivity index (χ4v) is 1.73. The van der Waals surface area contributed by atoms with E-state index in [1.807, 2.05) is 13.0 Å². The van der Waals surface area contributed by atoms with E-state index in [0.29, 0.717) is 5.92 Å². The number of benzene rings is 1. The first-order valence-electron chi connectivity index (χ1n) is 4.05. The predicted molar refractivity (Wildman–Crippen MR) is 44.6 cm³/mol. The first kappa shape index (κ1) is 6.86.